The molecule has 23 heavy (non-hydrogen) atoms. The van der Waals surface area contributed by atoms with Gasteiger partial charge in [-0.15, -0.1) is 0 Å². The van der Waals surface area contributed by atoms with Gasteiger partial charge in [0, 0.05) is 18.8 Å². The molecule has 0 aliphatic heterocycles. The second-order valence-electron chi connectivity index (χ2n) is 5.77. The molecular formula is C21H30N2. The fourth-order valence-electron chi connectivity index (χ4n) is 3.38. The minimum Gasteiger partial charge on any atom is -0.372 e. The van der Waals surface area contributed by atoms with Gasteiger partial charge in [-0.1, -0.05) is 62.4 Å². The summed E-state index contributed by atoms with van der Waals surface area (Å²) in [5.41, 5.74) is 4.14. The average molecular weight is 310 g/mol. The van der Waals surface area contributed by atoms with Gasteiger partial charge < -0.3 is 4.90 Å². The summed E-state index contributed by atoms with van der Waals surface area (Å²) >= 11 is 0. The standard InChI is InChI=1S/C21H30N2/c1-5-22(6-2)20-17-13-12-16-19(20)21(23(7-3)8-4)18-14-10-9-11-15-18/h9-17,21H,5-8H2,1-4H3. The van der Waals surface area contributed by atoms with E-state index in [0.29, 0.717) is 6.04 Å². The van der Waals surface area contributed by atoms with Crippen molar-refractivity contribution in [3.8, 4) is 0 Å². The molecule has 0 N–H and O–H groups in total. The van der Waals surface area contributed by atoms with Gasteiger partial charge >= 0.3 is 0 Å². The van der Waals surface area contributed by atoms with Gasteiger partial charge in [0.1, 0.15) is 0 Å². The number of hydrogen-bond acceptors (Lipinski definition) is 2. The number of benzene rings is 2. The molecule has 0 aromatic heterocycles. The summed E-state index contributed by atoms with van der Waals surface area (Å²) in [4.78, 5) is 4.99. The highest BCUT2D eigenvalue weighted by Crippen LogP contribution is 2.35. The van der Waals surface area contributed by atoms with Crippen molar-refractivity contribution in [2.75, 3.05) is 31.1 Å². The Hall–Kier alpha value is -1.80. The molecule has 0 saturated heterocycles. The summed E-state index contributed by atoms with van der Waals surface area (Å²) in [6, 6.07) is 20.1. The Balaban J connectivity index is 2.56. The van der Waals surface area contributed by atoms with E-state index in [-0.39, 0.29) is 0 Å². The van der Waals surface area contributed by atoms with Crippen molar-refractivity contribution in [3.05, 3.63) is 65.7 Å². The van der Waals surface area contributed by atoms with Crippen LogP contribution in [0.3, 0.4) is 0 Å². The molecule has 0 heterocycles. The van der Waals surface area contributed by atoms with Crippen molar-refractivity contribution >= 4 is 5.69 Å². The molecule has 2 nitrogen and oxygen atoms in total. The number of rotatable bonds is 8. The maximum Gasteiger partial charge on any atom is 0.0622 e. The second kappa shape index (κ2) is 8.73. The fourth-order valence-corrected chi connectivity index (χ4v) is 3.38. The molecule has 0 aliphatic carbocycles. The molecule has 2 aromatic carbocycles. The molecule has 124 valence electrons. The number of hydrogen-bond donors (Lipinski definition) is 0. The molecule has 0 radical (unpaired) electrons. The zero-order valence-electron chi connectivity index (χ0n) is 15.0. The molecule has 0 aliphatic rings. The highest BCUT2D eigenvalue weighted by atomic mass is 15.2. The van der Waals surface area contributed by atoms with Crippen molar-refractivity contribution in [2.45, 2.75) is 33.7 Å². The third kappa shape index (κ3) is 3.94. The topological polar surface area (TPSA) is 6.48 Å². The first-order valence-electron chi connectivity index (χ1n) is 8.89. The molecule has 0 saturated carbocycles. The summed E-state index contributed by atoms with van der Waals surface area (Å²) in [5.74, 6) is 0. The van der Waals surface area contributed by atoms with Crippen molar-refractivity contribution in [3.63, 3.8) is 0 Å². The summed E-state index contributed by atoms with van der Waals surface area (Å²) in [7, 11) is 0. The highest BCUT2D eigenvalue weighted by Gasteiger charge is 2.23. The normalized spacial score (nSPS) is 12.4. The summed E-state index contributed by atoms with van der Waals surface area (Å²) in [5, 5.41) is 0. The first-order valence-corrected chi connectivity index (χ1v) is 8.89. The van der Waals surface area contributed by atoms with E-state index in [9.17, 15) is 0 Å². The molecule has 1 unspecified atom stereocenters. The molecule has 0 amide bonds. The molecule has 2 aromatic rings. The lowest BCUT2D eigenvalue weighted by molar-refractivity contribution is 0.251. The summed E-state index contributed by atoms with van der Waals surface area (Å²) in [6.45, 7) is 13.1. The number of anilines is 1. The van der Waals surface area contributed by atoms with Gasteiger partial charge in [-0.25, -0.2) is 0 Å². The van der Waals surface area contributed by atoms with Gasteiger partial charge in [0.25, 0.3) is 0 Å². The van der Waals surface area contributed by atoms with Crippen LogP contribution in [0.1, 0.15) is 44.9 Å². The van der Waals surface area contributed by atoms with Crippen LogP contribution in [0.2, 0.25) is 0 Å². The monoisotopic (exact) mass is 310 g/mol. The van der Waals surface area contributed by atoms with Gasteiger partial charge in [-0.3, -0.25) is 4.90 Å². The van der Waals surface area contributed by atoms with Gasteiger partial charge in [-0.2, -0.15) is 0 Å². The minimum atomic E-state index is 0.308. The maximum absolute atomic E-state index is 2.54. The Kier molecular flexibility index (Phi) is 6.66. The predicted octanol–water partition coefficient (Wildman–Crippen LogP) is 4.96. The van der Waals surface area contributed by atoms with E-state index in [0.717, 1.165) is 26.2 Å². The van der Waals surface area contributed by atoms with Gasteiger partial charge in [0.15, 0.2) is 0 Å². The van der Waals surface area contributed by atoms with Crippen molar-refractivity contribution in [2.24, 2.45) is 0 Å². The Morgan fingerprint density at radius 2 is 1.26 bits per heavy atom. The fraction of sp³-hybridized carbons (Fsp3) is 0.429. The van der Waals surface area contributed by atoms with E-state index in [1.165, 1.54) is 16.8 Å². The molecule has 0 spiro atoms. The smallest absolute Gasteiger partial charge is 0.0622 e. The lowest BCUT2D eigenvalue weighted by atomic mass is 9.95. The average Bonchev–Trinajstić information content (AvgIpc) is 2.62. The van der Waals surface area contributed by atoms with E-state index >= 15 is 0 Å². The zero-order valence-corrected chi connectivity index (χ0v) is 15.0. The molecule has 2 heteroatoms. The SMILES string of the molecule is CCN(CC)c1ccccc1C(c1ccccc1)N(CC)CC. The lowest BCUT2D eigenvalue weighted by Crippen LogP contribution is -2.31. The highest BCUT2D eigenvalue weighted by molar-refractivity contribution is 5.57. The Morgan fingerprint density at radius 1 is 0.696 bits per heavy atom. The van der Waals surface area contributed by atoms with Crippen LogP contribution in [0, 0.1) is 0 Å². The van der Waals surface area contributed by atoms with Gasteiger partial charge in [0.2, 0.25) is 0 Å². The lowest BCUT2D eigenvalue weighted by Gasteiger charge is -2.34. The second-order valence-corrected chi connectivity index (χ2v) is 5.77. The quantitative estimate of drug-likeness (QED) is 0.679. The Morgan fingerprint density at radius 3 is 1.83 bits per heavy atom. The van der Waals surface area contributed by atoms with E-state index in [1.807, 2.05) is 0 Å². The van der Waals surface area contributed by atoms with Crippen molar-refractivity contribution < 1.29 is 0 Å². The third-order valence-corrected chi connectivity index (χ3v) is 4.63. The van der Waals surface area contributed by atoms with Crippen molar-refractivity contribution in [1.82, 2.24) is 4.90 Å². The molecular weight excluding hydrogens is 280 g/mol. The van der Waals surface area contributed by atoms with Crippen LogP contribution < -0.4 is 4.90 Å². The van der Waals surface area contributed by atoms with Crippen LogP contribution in [0.5, 0.6) is 0 Å². The van der Waals surface area contributed by atoms with E-state index in [1.54, 1.807) is 0 Å². The number of para-hydroxylation sites is 1. The minimum absolute atomic E-state index is 0.308. The van der Waals surface area contributed by atoms with Crippen LogP contribution in [0.15, 0.2) is 54.6 Å². The van der Waals surface area contributed by atoms with E-state index < -0.39 is 0 Å². The third-order valence-electron chi connectivity index (χ3n) is 4.63. The van der Waals surface area contributed by atoms with Gasteiger partial charge in [0.05, 0.1) is 6.04 Å². The first kappa shape index (κ1) is 17.6. The van der Waals surface area contributed by atoms with E-state index in [2.05, 4.69) is 92.1 Å². The predicted molar refractivity (Wildman–Crippen MR) is 101 cm³/mol. The van der Waals surface area contributed by atoms with Gasteiger partial charge in [-0.05, 0) is 44.1 Å². The molecule has 0 bridgehead atoms. The molecule has 0 fully saturated rings. The Labute approximate surface area is 141 Å². The summed E-state index contributed by atoms with van der Waals surface area (Å²) < 4.78 is 0. The van der Waals surface area contributed by atoms with Crippen molar-refractivity contribution in [1.29, 1.82) is 0 Å². The molecule has 1 atom stereocenters. The Bertz CT molecular complexity index is 571. The summed E-state index contributed by atoms with van der Waals surface area (Å²) in [6.07, 6.45) is 0. The van der Waals surface area contributed by atoms with Crippen LogP contribution in [-0.4, -0.2) is 31.1 Å². The van der Waals surface area contributed by atoms with Crippen LogP contribution in [0.25, 0.3) is 0 Å². The van der Waals surface area contributed by atoms with E-state index in [4.69, 9.17) is 0 Å². The largest absolute Gasteiger partial charge is 0.372 e. The zero-order chi connectivity index (χ0) is 16.7. The maximum atomic E-state index is 2.54. The number of nitrogens with zero attached hydrogens (tertiary/aromatic N) is 2. The molecule has 2 rings (SSSR count). The first-order chi connectivity index (χ1) is 11.3. The van der Waals surface area contributed by atoms with Crippen LogP contribution in [-0.2, 0) is 0 Å². The van der Waals surface area contributed by atoms with Crippen LogP contribution >= 0.6 is 0 Å². The van der Waals surface area contributed by atoms with Crippen LogP contribution in [0.4, 0.5) is 5.69 Å².